The van der Waals surface area contributed by atoms with E-state index >= 15 is 0 Å². The molecule has 62 valence electrons. The molecule has 0 aromatic heterocycles. The summed E-state index contributed by atoms with van der Waals surface area (Å²) in [5, 5.41) is 0. The molecule has 0 aliphatic carbocycles. The fraction of sp³-hybridized carbons (Fsp3) is 0.333. The Kier molecular flexibility index (Phi) is 1.72. The first-order valence-electron chi connectivity index (χ1n) is 4.22. The van der Waals surface area contributed by atoms with Crippen LogP contribution < -0.4 is 9.55 Å². The molecule has 2 rings (SSSR count). The maximum Gasteiger partial charge on any atom is 0.217 e. The molecule has 1 aromatic carbocycles. The van der Waals surface area contributed by atoms with Gasteiger partial charge in [-0.05, 0) is 24.6 Å². The third kappa shape index (κ3) is 1.15. The third-order valence-electron chi connectivity index (χ3n) is 2.21. The molecule has 0 unspecified atom stereocenters. The molecule has 0 N–H and O–H groups in total. The fourth-order valence-corrected chi connectivity index (χ4v) is 1.46. The van der Waals surface area contributed by atoms with Gasteiger partial charge in [-0.25, -0.2) is 0 Å². The van der Waals surface area contributed by atoms with E-state index in [4.69, 9.17) is 4.74 Å². The van der Waals surface area contributed by atoms with Gasteiger partial charge in [0.15, 0.2) is 0 Å². The Hall–Kier alpha value is -1.12. The Labute approximate surface area is 73.6 Å². The lowest BCUT2D eigenvalue weighted by molar-refractivity contribution is 0.317. The van der Waals surface area contributed by atoms with Gasteiger partial charge in [0.25, 0.3) is 0 Å². The van der Waals surface area contributed by atoms with E-state index in [0.29, 0.717) is 0 Å². The Bertz CT molecular complexity index is 301. The van der Waals surface area contributed by atoms with E-state index in [1.807, 2.05) is 6.07 Å². The summed E-state index contributed by atoms with van der Waals surface area (Å²) >= 11 is 0. The molecule has 1 aromatic rings. The van der Waals surface area contributed by atoms with E-state index in [1.165, 1.54) is 11.3 Å². The largest absolute Gasteiger partial charge is 0.490 e. The van der Waals surface area contributed by atoms with Crippen molar-refractivity contribution in [2.75, 3.05) is 18.0 Å². The number of rotatable bonds is 0. The van der Waals surface area contributed by atoms with Crippen molar-refractivity contribution in [2.45, 2.75) is 6.92 Å². The third-order valence-corrected chi connectivity index (χ3v) is 2.21. The van der Waals surface area contributed by atoms with Gasteiger partial charge in [-0.15, -0.1) is 0 Å². The van der Waals surface area contributed by atoms with Crippen LogP contribution >= 0.6 is 0 Å². The van der Waals surface area contributed by atoms with Crippen LogP contribution in [0.4, 0.5) is 5.69 Å². The standard InChI is InChI=1S/C9H12BNO/c1-7-2-3-9-8(6-7)11(10)4-5-12-9/h2-3,6H,4-5,10H2,1H3. The lowest BCUT2D eigenvalue weighted by atomic mass is 10.1. The van der Waals surface area contributed by atoms with E-state index < -0.39 is 0 Å². The summed E-state index contributed by atoms with van der Waals surface area (Å²) in [4.78, 5) is 2.23. The highest BCUT2D eigenvalue weighted by atomic mass is 16.5. The second-order valence-corrected chi connectivity index (χ2v) is 3.24. The summed E-state index contributed by atoms with van der Waals surface area (Å²) in [6.45, 7) is 3.88. The molecule has 0 spiro atoms. The minimum Gasteiger partial charge on any atom is -0.490 e. The van der Waals surface area contributed by atoms with Crippen LogP contribution in [0.3, 0.4) is 0 Å². The topological polar surface area (TPSA) is 12.5 Å². The van der Waals surface area contributed by atoms with E-state index in [1.54, 1.807) is 0 Å². The number of ether oxygens (including phenoxy) is 1. The molecule has 0 saturated carbocycles. The van der Waals surface area contributed by atoms with Crippen molar-refractivity contribution in [1.29, 1.82) is 0 Å². The SMILES string of the molecule is BN1CCOc2ccc(C)cc21. The Morgan fingerprint density at radius 2 is 2.33 bits per heavy atom. The van der Waals surface area contributed by atoms with Crippen molar-refractivity contribution < 1.29 is 4.74 Å². The summed E-state index contributed by atoms with van der Waals surface area (Å²) in [5.74, 6) is 1.01. The number of hydrogen-bond donors (Lipinski definition) is 0. The van der Waals surface area contributed by atoms with Crippen LogP contribution in [0.25, 0.3) is 0 Å². The second-order valence-electron chi connectivity index (χ2n) is 3.24. The quantitative estimate of drug-likeness (QED) is 0.520. The number of nitrogens with zero attached hydrogens (tertiary/aromatic N) is 1. The zero-order chi connectivity index (χ0) is 8.55. The average Bonchev–Trinajstić information content (AvgIpc) is 2.07. The molecule has 3 heteroatoms. The van der Waals surface area contributed by atoms with E-state index in [9.17, 15) is 0 Å². The van der Waals surface area contributed by atoms with Crippen molar-refractivity contribution in [3.05, 3.63) is 23.8 Å². The van der Waals surface area contributed by atoms with Crippen molar-refractivity contribution in [3.8, 4) is 5.75 Å². The van der Waals surface area contributed by atoms with Gasteiger partial charge in [-0.3, -0.25) is 0 Å². The van der Waals surface area contributed by atoms with Gasteiger partial charge >= 0.3 is 0 Å². The smallest absolute Gasteiger partial charge is 0.217 e. The van der Waals surface area contributed by atoms with Gasteiger partial charge in [-0.1, -0.05) is 6.07 Å². The summed E-state index contributed by atoms with van der Waals surface area (Å²) < 4.78 is 5.51. The molecule has 0 radical (unpaired) electrons. The zero-order valence-corrected chi connectivity index (χ0v) is 7.50. The van der Waals surface area contributed by atoms with Crippen LogP contribution in [0.2, 0.25) is 0 Å². The minimum absolute atomic E-state index is 0.798. The molecule has 1 aliphatic heterocycles. The molecule has 0 bridgehead atoms. The molecule has 12 heavy (non-hydrogen) atoms. The van der Waals surface area contributed by atoms with Gasteiger partial charge in [0, 0.05) is 6.54 Å². The van der Waals surface area contributed by atoms with Gasteiger partial charge < -0.3 is 9.55 Å². The molecule has 1 heterocycles. The second kappa shape index (κ2) is 2.74. The predicted molar refractivity (Wildman–Crippen MR) is 52.6 cm³/mol. The van der Waals surface area contributed by atoms with Gasteiger partial charge in [0.1, 0.15) is 12.4 Å². The summed E-state index contributed by atoms with van der Waals surface area (Å²) in [6.07, 6.45) is 0. The van der Waals surface area contributed by atoms with Crippen LogP contribution in [-0.4, -0.2) is 21.1 Å². The van der Waals surface area contributed by atoms with Crippen LogP contribution in [0.1, 0.15) is 5.56 Å². The zero-order valence-electron chi connectivity index (χ0n) is 7.50. The minimum atomic E-state index is 0.798. The van der Waals surface area contributed by atoms with E-state index in [0.717, 1.165) is 18.9 Å². The molecule has 0 fully saturated rings. The summed E-state index contributed by atoms with van der Waals surface area (Å²) in [5.41, 5.74) is 2.49. The van der Waals surface area contributed by atoms with E-state index in [2.05, 4.69) is 31.8 Å². The Balaban J connectivity index is 2.47. The van der Waals surface area contributed by atoms with Crippen molar-refractivity contribution in [1.82, 2.24) is 0 Å². The average molecular weight is 161 g/mol. The normalized spacial score (nSPS) is 15.2. The number of fused-ring (bicyclic) bond motifs is 1. The highest BCUT2D eigenvalue weighted by molar-refractivity contribution is 6.18. The maximum atomic E-state index is 5.51. The van der Waals surface area contributed by atoms with Crippen molar-refractivity contribution in [3.63, 3.8) is 0 Å². The van der Waals surface area contributed by atoms with Gasteiger partial charge in [-0.2, -0.15) is 0 Å². The fourth-order valence-electron chi connectivity index (χ4n) is 1.46. The molecule has 0 atom stereocenters. The monoisotopic (exact) mass is 161 g/mol. The number of hydrogen-bond acceptors (Lipinski definition) is 2. The molecular formula is C9H12BNO. The highest BCUT2D eigenvalue weighted by Crippen LogP contribution is 2.30. The first-order valence-corrected chi connectivity index (χ1v) is 4.22. The maximum absolute atomic E-state index is 5.51. The number of benzene rings is 1. The van der Waals surface area contributed by atoms with Crippen molar-refractivity contribution in [2.24, 2.45) is 0 Å². The summed E-state index contributed by atoms with van der Waals surface area (Å²) in [7, 11) is 2.10. The van der Waals surface area contributed by atoms with E-state index in [-0.39, 0.29) is 0 Å². The lowest BCUT2D eigenvalue weighted by Gasteiger charge is -2.28. The lowest BCUT2D eigenvalue weighted by Crippen LogP contribution is -2.30. The molecule has 2 nitrogen and oxygen atoms in total. The van der Waals surface area contributed by atoms with Crippen LogP contribution in [0.15, 0.2) is 18.2 Å². The number of aryl methyl sites for hydroxylation is 1. The van der Waals surface area contributed by atoms with Crippen LogP contribution in [-0.2, 0) is 0 Å². The predicted octanol–water partition coefficient (Wildman–Crippen LogP) is 0.742. The van der Waals surface area contributed by atoms with Gasteiger partial charge in [0.05, 0.1) is 5.69 Å². The first kappa shape index (κ1) is 7.53. The number of anilines is 1. The van der Waals surface area contributed by atoms with Crippen molar-refractivity contribution >= 4 is 13.7 Å². The Morgan fingerprint density at radius 3 is 3.17 bits per heavy atom. The molecule has 1 aliphatic rings. The highest BCUT2D eigenvalue weighted by Gasteiger charge is 2.13. The molecule has 0 saturated heterocycles. The molecule has 0 amide bonds. The first-order chi connectivity index (χ1) is 5.77. The summed E-state index contributed by atoms with van der Waals surface area (Å²) in [6, 6.07) is 6.28. The molecular weight excluding hydrogens is 149 g/mol. The van der Waals surface area contributed by atoms with Gasteiger partial charge in [0.2, 0.25) is 7.98 Å². The van der Waals surface area contributed by atoms with Crippen LogP contribution in [0, 0.1) is 6.92 Å². The van der Waals surface area contributed by atoms with Crippen LogP contribution in [0.5, 0.6) is 5.75 Å². The Morgan fingerprint density at radius 1 is 1.50 bits per heavy atom.